The molecule has 1 aliphatic heterocycles. The summed E-state index contributed by atoms with van der Waals surface area (Å²) < 4.78 is 0. The van der Waals surface area contributed by atoms with Gasteiger partial charge in [-0.1, -0.05) is 19.1 Å². The third kappa shape index (κ3) is 4.51. The predicted molar refractivity (Wildman–Crippen MR) is 124 cm³/mol. The largest absolute Gasteiger partial charge is 0.350 e. The quantitative estimate of drug-likeness (QED) is 0.685. The second kappa shape index (κ2) is 8.78. The zero-order valence-electron chi connectivity index (χ0n) is 18.6. The SMILES string of the molecule is CCN1CCN(C(=O)c2ccccc2SCC(=O)NC23CC4CC(CC(C4)C2)C3)CC1. The van der Waals surface area contributed by atoms with E-state index in [-0.39, 0.29) is 17.4 Å². The smallest absolute Gasteiger partial charge is 0.255 e. The number of hydrogen-bond acceptors (Lipinski definition) is 4. The second-order valence-electron chi connectivity index (χ2n) is 10.3. The van der Waals surface area contributed by atoms with Crippen LogP contribution >= 0.6 is 11.8 Å². The topological polar surface area (TPSA) is 52.7 Å². The van der Waals surface area contributed by atoms with Crippen LogP contribution < -0.4 is 5.32 Å². The number of carbonyl (C=O) groups is 2. The van der Waals surface area contributed by atoms with Crippen molar-refractivity contribution in [1.82, 2.24) is 15.1 Å². The summed E-state index contributed by atoms with van der Waals surface area (Å²) in [7, 11) is 0. The molecule has 1 heterocycles. The Kier molecular flexibility index (Phi) is 6.04. The van der Waals surface area contributed by atoms with E-state index in [2.05, 4.69) is 17.1 Å². The van der Waals surface area contributed by atoms with Gasteiger partial charge in [-0.05, 0) is 75.0 Å². The summed E-state index contributed by atoms with van der Waals surface area (Å²) in [5, 5.41) is 3.46. The summed E-state index contributed by atoms with van der Waals surface area (Å²) in [6.45, 7) is 6.62. The first kappa shape index (κ1) is 21.3. The molecular formula is C25H35N3O2S. The van der Waals surface area contributed by atoms with Crippen molar-refractivity contribution in [2.45, 2.75) is 55.9 Å². The molecule has 31 heavy (non-hydrogen) atoms. The van der Waals surface area contributed by atoms with Gasteiger partial charge in [-0.15, -0.1) is 11.8 Å². The average molecular weight is 442 g/mol. The van der Waals surface area contributed by atoms with E-state index >= 15 is 0 Å². The molecule has 5 fully saturated rings. The summed E-state index contributed by atoms with van der Waals surface area (Å²) in [5.74, 6) is 3.09. The zero-order chi connectivity index (χ0) is 21.4. The Hall–Kier alpha value is -1.53. The zero-order valence-corrected chi connectivity index (χ0v) is 19.5. The lowest BCUT2D eigenvalue weighted by molar-refractivity contribution is -0.124. The van der Waals surface area contributed by atoms with E-state index < -0.39 is 0 Å². The Morgan fingerprint density at radius 2 is 1.61 bits per heavy atom. The Morgan fingerprint density at radius 3 is 2.23 bits per heavy atom. The molecule has 1 saturated heterocycles. The second-order valence-corrected chi connectivity index (χ2v) is 11.3. The van der Waals surface area contributed by atoms with Gasteiger partial charge in [0.2, 0.25) is 5.91 Å². The van der Waals surface area contributed by atoms with Crippen molar-refractivity contribution in [3.63, 3.8) is 0 Å². The maximum absolute atomic E-state index is 13.2. The number of piperazine rings is 1. The van der Waals surface area contributed by atoms with Crippen LogP contribution in [0.4, 0.5) is 0 Å². The van der Waals surface area contributed by atoms with Gasteiger partial charge in [0, 0.05) is 36.6 Å². The minimum absolute atomic E-state index is 0.0562. The maximum Gasteiger partial charge on any atom is 0.255 e. The third-order valence-electron chi connectivity index (χ3n) is 8.03. The summed E-state index contributed by atoms with van der Waals surface area (Å²) in [5.41, 5.74) is 0.792. The third-order valence-corrected chi connectivity index (χ3v) is 9.10. The number of thioether (sulfide) groups is 1. The fourth-order valence-electron chi connectivity index (χ4n) is 6.95. The molecule has 1 aromatic carbocycles. The fourth-order valence-corrected chi connectivity index (χ4v) is 7.79. The van der Waals surface area contributed by atoms with Crippen molar-refractivity contribution >= 4 is 23.6 Å². The highest BCUT2D eigenvalue weighted by Gasteiger charge is 2.51. The highest BCUT2D eigenvalue weighted by molar-refractivity contribution is 8.00. The molecular weight excluding hydrogens is 406 g/mol. The predicted octanol–water partition coefficient (Wildman–Crippen LogP) is 3.64. The monoisotopic (exact) mass is 441 g/mol. The van der Waals surface area contributed by atoms with Gasteiger partial charge in [0.05, 0.1) is 11.3 Å². The molecule has 0 aromatic heterocycles. The lowest BCUT2D eigenvalue weighted by Gasteiger charge is -2.56. The van der Waals surface area contributed by atoms with Crippen molar-refractivity contribution in [2.75, 3.05) is 38.5 Å². The number of nitrogens with zero attached hydrogens (tertiary/aromatic N) is 2. The van der Waals surface area contributed by atoms with Crippen LogP contribution in [0.1, 0.15) is 55.8 Å². The van der Waals surface area contributed by atoms with Crippen molar-refractivity contribution in [3.8, 4) is 0 Å². The van der Waals surface area contributed by atoms with Gasteiger partial charge in [0.15, 0.2) is 0 Å². The molecule has 4 aliphatic carbocycles. The number of benzene rings is 1. The van der Waals surface area contributed by atoms with Gasteiger partial charge in [0.25, 0.3) is 5.91 Å². The lowest BCUT2D eigenvalue weighted by atomic mass is 9.53. The van der Waals surface area contributed by atoms with Crippen molar-refractivity contribution in [2.24, 2.45) is 17.8 Å². The van der Waals surface area contributed by atoms with E-state index in [9.17, 15) is 9.59 Å². The lowest BCUT2D eigenvalue weighted by Crippen LogP contribution is -2.60. The molecule has 0 unspecified atom stereocenters. The van der Waals surface area contributed by atoms with Crippen molar-refractivity contribution in [1.29, 1.82) is 0 Å². The maximum atomic E-state index is 13.2. The standard InChI is InChI=1S/C25H35N3O2S/c1-2-27-7-9-28(10-8-27)24(30)21-5-3-4-6-22(21)31-17-23(29)26-25-14-18-11-19(15-25)13-20(12-18)16-25/h3-6,18-20H,2,7-17H2,1H3,(H,26,29). The van der Waals surface area contributed by atoms with Gasteiger partial charge >= 0.3 is 0 Å². The molecule has 5 aliphatic rings. The molecule has 168 valence electrons. The molecule has 6 rings (SSSR count). The van der Waals surface area contributed by atoms with Gasteiger partial charge in [-0.25, -0.2) is 0 Å². The van der Waals surface area contributed by atoms with Crippen LogP contribution in [-0.4, -0.2) is 65.6 Å². The Labute approximate surface area is 190 Å². The number of hydrogen-bond donors (Lipinski definition) is 1. The highest BCUT2D eigenvalue weighted by atomic mass is 32.2. The number of rotatable bonds is 6. The van der Waals surface area contributed by atoms with Crippen molar-refractivity contribution < 1.29 is 9.59 Å². The molecule has 6 heteroatoms. The van der Waals surface area contributed by atoms with Crippen LogP contribution in [0, 0.1) is 17.8 Å². The molecule has 0 atom stereocenters. The number of likely N-dealkylation sites (N-methyl/N-ethyl adjacent to an activating group) is 1. The van der Waals surface area contributed by atoms with Crippen LogP contribution in [0.5, 0.6) is 0 Å². The summed E-state index contributed by atoms with van der Waals surface area (Å²) in [6, 6.07) is 7.78. The minimum atomic E-state index is 0.0562. The van der Waals surface area contributed by atoms with Crippen LogP contribution in [0.15, 0.2) is 29.2 Å². The Balaban J connectivity index is 1.19. The van der Waals surface area contributed by atoms with Gasteiger partial charge in [0.1, 0.15) is 0 Å². The van der Waals surface area contributed by atoms with Crippen LogP contribution in [0.25, 0.3) is 0 Å². The summed E-state index contributed by atoms with van der Waals surface area (Å²) in [4.78, 5) is 31.3. The van der Waals surface area contributed by atoms with E-state index in [1.54, 1.807) is 0 Å². The first-order valence-electron chi connectivity index (χ1n) is 12.1. The Bertz CT molecular complexity index is 799. The van der Waals surface area contributed by atoms with E-state index in [0.29, 0.717) is 5.75 Å². The van der Waals surface area contributed by atoms with E-state index in [0.717, 1.165) is 60.9 Å². The fraction of sp³-hybridized carbons (Fsp3) is 0.680. The van der Waals surface area contributed by atoms with Crippen LogP contribution in [-0.2, 0) is 4.79 Å². The van der Waals surface area contributed by atoms with Gasteiger partial charge in [-0.3, -0.25) is 9.59 Å². The number of amides is 2. The van der Waals surface area contributed by atoms with Crippen LogP contribution in [0.3, 0.4) is 0 Å². The summed E-state index contributed by atoms with van der Waals surface area (Å²) in [6.07, 6.45) is 7.67. The number of carbonyl (C=O) groups excluding carboxylic acids is 2. The highest BCUT2D eigenvalue weighted by Crippen LogP contribution is 2.55. The normalized spacial score (nSPS) is 32.3. The first-order valence-corrected chi connectivity index (χ1v) is 13.1. The van der Waals surface area contributed by atoms with Gasteiger partial charge < -0.3 is 15.1 Å². The first-order chi connectivity index (χ1) is 15.0. The molecule has 4 saturated carbocycles. The molecule has 2 amide bonds. The molecule has 4 bridgehead atoms. The molecule has 0 radical (unpaired) electrons. The molecule has 1 N–H and O–H groups in total. The van der Waals surface area contributed by atoms with Crippen LogP contribution in [0.2, 0.25) is 0 Å². The van der Waals surface area contributed by atoms with E-state index in [1.807, 2.05) is 29.2 Å². The van der Waals surface area contributed by atoms with Gasteiger partial charge in [-0.2, -0.15) is 0 Å². The van der Waals surface area contributed by atoms with E-state index in [4.69, 9.17) is 0 Å². The molecule has 1 aromatic rings. The molecule has 5 nitrogen and oxygen atoms in total. The minimum Gasteiger partial charge on any atom is -0.350 e. The molecule has 0 spiro atoms. The number of nitrogens with one attached hydrogen (secondary N) is 1. The van der Waals surface area contributed by atoms with Crippen molar-refractivity contribution in [3.05, 3.63) is 29.8 Å². The average Bonchev–Trinajstić information content (AvgIpc) is 2.76. The summed E-state index contributed by atoms with van der Waals surface area (Å²) >= 11 is 1.51. The van der Waals surface area contributed by atoms with E-state index in [1.165, 1.54) is 50.3 Å². The Morgan fingerprint density at radius 1 is 1.00 bits per heavy atom.